The van der Waals surface area contributed by atoms with Crippen molar-refractivity contribution in [1.82, 2.24) is 9.78 Å². The summed E-state index contributed by atoms with van der Waals surface area (Å²) in [6.07, 6.45) is 2.07. The van der Waals surface area contributed by atoms with E-state index in [0.717, 1.165) is 33.8 Å². The minimum Gasteiger partial charge on any atom is -0.295 e. The lowest BCUT2D eigenvalue weighted by Crippen LogP contribution is -2.28. The van der Waals surface area contributed by atoms with E-state index >= 15 is 0 Å². The van der Waals surface area contributed by atoms with Crippen LogP contribution >= 0.6 is 11.8 Å². The van der Waals surface area contributed by atoms with Crippen LogP contribution in [0.2, 0.25) is 0 Å². The number of anilines is 1. The second kappa shape index (κ2) is 7.84. The molecule has 1 aliphatic heterocycles. The van der Waals surface area contributed by atoms with Gasteiger partial charge in [0.2, 0.25) is 5.91 Å². The SMILES string of the molecule is Cc1ccccc1N1C(=O)CSC1c1cn(-c2ccccc2)nc1-c1ccccc1. The molecule has 1 aromatic heterocycles. The first-order chi connectivity index (χ1) is 14.7. The van der Waals surface area contributed by atoms with Crippen molar-refractivity contribution < 1.29 is 4.79 Å². The molecule has 4 nitrogen and oxygen atoms in total. The third kappa shape index (κ3) is 3.31. The lowest BCUT2D eigenvalue weighted by Gasteiger charge is -2.25. The first kappa shape index (κ1) is 18.7. The molecule has 1 atom stereocenters. The molecule has 3 aromatic carbocycles. The standard InChI is InChI=1S/C25H21N3OS/c1-18-10-8-9-15-22(18)28-23(29)17-30-25(28)21-16-27(20-13-6-3-7-14-20)26-24(21)19-11-4-2-5-12-19/h2-16,25H,17H2,1H3. The van der Waals surface area contributed by atoms with E-state index in [1.165, 1.54) is 0 Å². The van der Waals surface area contributed by atoms with Crippen LogP contribution in [-0.4, -0.2) is 21.4 Å². The molecule has 0 bridgehead atoms. The van der Waals surface area contributed by atoms with Crippen molar-refractivity contribution in [2.75, 3.05) is 10.7 Å². The van der Waals surface area contributed by atoms with Crippen LogP contribution in [0.1, 0.15) is 16.5 Å². The molecule has 0 saturated carbocycles. The van der Waals surface area contributed by atoms with Crippen molar-refractivity contribution in [2.24, 2.45) is 0 Å². The van der Waals surface area contributed by atoms with E-state index in [0.29, 0.717) is 5.75 Å². The summed E-state index contributed by atoms with van der Waals surface area (Å²) in [6.45, 7) is 2.05. The normalized spacial score (nSPS) is 16.2. The molecule has 1 unspecified atom stereocenters. The van der Waals surface area contributed by atoms with E-state index in [1.807, 2.05) is 89.3 Å². The molecule has 0 N–H and O–H groups in total. The molecule has 2 heterocycles. The lowest BCUT2D eigenvalue weighted by atomic mass is 10.1. The summed E-state index contributed by atoms with van der Waals surface area (Å²) in [5, 5.41) is 4.82. The number of benzene rings is 3. The highest BCUT2D eigenvalue weighted by atomic mass is 32.2. The van der Waals surface area contributed by atoms with Crippen LogP contribution in [0.4, 0.5) is 5.69 Å². The summed E-state index contributed by atoms with van der Waals surface area (Å²) >= 11 is 1.66. The van der Waals surface area contributed by atoms with Crippen LogP contribution in [-0.2, 0) is 4.79 Å². The van der Waals surface area contributed by atoms with Gasteiger partial charge in [-0.2, -0.15) is 5.10 Å². The predicted octanol–water partition coefficient (Wildman–Crippen LogP) is 5.63. The number of nitrogens with zero attached hydrogens (tertiary/aromatic N) is 3. The zero-order chi connectivity index (χ0) is 20.5. The Morgan fingerprint density at radius 1 is 0.900 bits per heavy atom. The molecular formula is C25H21N3OS. The van der Waals surface area contributed by atoms with E-state index in [1.54, 1.807) is 11.8 Å². The molecule has 0 spiro atoms. The van der Waals surface area contributed by atoms with Gasteiger partial charge in [0, 0.05) is 23.0 Å². The van der Waals surface area contributed by atoms with Gasteiger partial charge >= 0.3 is 0 Å². The van der Waals surface area contributed by atoms with Gasteiger partial charge in [0.25, 0.3) is 0 Å². The minimum absolute atomic E-state index is 0.119. The number of para-hydroxylation sites is 2. The van der Waals surface area contributed by atoms with E-state index in [2.05, 4.69) is 18.3 Å². The fourth-order valence-electron chi connectivity index (χ4n) is 3.85. The summed E-state index contributed by atoms with van der Waals surface area (Å²) in [6, 6.07) is 28.3. The Hall–Kier alpha value is -3.31. The van der Waals surface area contributed by atoms with Crippen LogP contribution in [0.3, 0.4) is 0 Å². The molecule has 1 aliphatic rings. The Kier molecular flexibility index (Phi) is 4.89. The minimum atomic E-state index is -0.119. The fourth-order valence-corrected chi connectivity index (χ4v) is 5.02. The maximum Gasteiger partial charge on any atom is 0.238 e. The molecule has 4 aromatic rings. The molecule has 1 amide bonds. The van der Waals surface area contributed by atoms with E-state index in [9.17, 15) is 4.79 Å². The second-order valence-electron chi connectivity index (χ2n) is 7.29. The molecule has 0 radical (unpaired) electrons. The molecule has 1 saturated heterocycles. The number of aromatic nitrogens is 2. The average Bonchev–Trinajstić information content (AvgIpc) is 3.39. The van der Waals surface area contributed by atoms with Gasteiger partial charge in [-0.15, -0.1) is 11.8 Å². The number of carbonyl (C=O) groups excluding carboxylic acids is 1. The van der Waals surface area contributed by atoms with Crippen molar-refractivity contribution in [3.8, 4) is 16.9 Å². The highest BCUT2D eigenvalue weighted by molar-refractivity contribution is 8.00. The van der Waals surface area contributed by atoms with Crippen LogP contribution < -0.4 is 4.90 Å². The van der Waals surface area contributed by atoms with Crippen molar-refractivity contribution >= 4 is 23.4 Å². The van der Waals surface area contributed by atoms with Gasteiger partial charge in [0.15, 0.2) is 0 Å². The third-order valence-corrected chi connectivity index (χ3v) is 6.51. The van der Waals surface area contributed by atoms with Gasteiger partial charge in [0.1, 0.15) is 5.37 Å². The van der Waals surface area contributed by atoms with Crippen LogP contribution in [0.25, 0.3) is 16.9 Å². The van der Waals surface area contributed by atoms with Gasteiger partial charge in [-0.3, -0.25) is 9.69 Å². The summed E-state index contributed by atoms with van der Waals surface area (Å²) in [5.74, 6) is 0.592. The van der Waals surface area contributed by atoms with Crippen LogP contribution in [0, 0.1) is 6.92 Å². The van der Waals surface area contributed by atoms with Gasteiger partial charge < -0.3 is 0 Å². The topological polar surface area (TPSA) is 38.1 Å². The fraction of sp³-hybridized carbons (Fsp3) is 0.120. The van der Waals surface area contributed by atoms with Crippen LogP contribution in [0.15, 0.2) is 91.1 Å². The maximum atomic E-state index is 12.9. The highest BCUT2D eigenvalue weighted by Gasteiger charge is 2.37. The summed E-state index contributed by atoms with van der Waals surface area (Å²) in [5.41, 5.74) is 6.05. The van der Waals surface area contributed by atoms with Crippen molar-refractivity contribution in [3.63, 3.8) is 0 Å². The maximum absolute atomic E-state index is 12.9. The van der Waals surface area contributed by atoms with Crippen molar-refractivity contribution in [1.29, 1.82) is 0 Å². The molecule has 5 rings (SSSR count). The zero-order valence-electron chi connectivity index (χ0n) is 16.6. The van der Waals surface area contributed by atoms with Gasteiger partial charge in [-0.05, 0) is 30.7 Å². The summed E-state index contributed by atoms with van der Waals surface area (Å²) in [7, 11) is 0. The van der Waals surface area contributed by atoms with E-state index < -0.39 is 0 Å². The molecule has 5 heteroatoms. The van der Waals surface area contributed by atoms with Gasteiger partial charge in [-0.25, -0.2) is 4.68 Å². The number of hydrogen-bond acceptors (Lipinski definition) is 3. The largest absolute Gasteiger partial charge is 0.295 e. The quantitative estimate of drug-likeness (QED) is 0.437. The summed E-state index contributed by atoms with van der Waals surface area (Å²) < 4.78 is 1.91. The first-order valence-electron chi connectivity index (χ1n) is 9.92. The average molecular weight is 412 g/mol. The number of rotatable bonds is 4. The number of thioether (sulfide) groups is 1. The number of aryl methyl sites for hydroxylation is 1. The summed E-state index contributed by atoms with van der Waals surface area (Å²) in [4.78, 5) is 14.8. The molecular weight excluding hydrogens is 390 g/mol. The predicted molar refractivity (Wildman–Crippen MR) is 123 cm³/mol. The zero-order valence-corrected chi connectivity index (χ0v) is 17.4. The first-order valence-corrected chi connectivity index (χ1v) is 11.0. The smallest absolute Gasteiger partial charge is 0.238 e. The molecule has 30 heavy (non-hydrogen) atoms. The number of amides is 1. The Morgan fingerprint density at radius 3 is 2.30 bits per heavy atom. The lowest BCUT2D eigenvalue weighted by molar-refractivity contribution is -0.115. The van der Waals surface area contributed by atoms with Crippen LogP contribution in [0.5, 0.6) is 0 Å². The van der Waals surface area contributed by atoms with Crippen molar-refractivity contribution in [2.45, 2.75) is 12.3 Å². The van der Waals surface area contributed by atoms with Crippen molar-refractivity contribution in [3.05, 3.63) is 102 Å². The highest BCUT2D eigenvalue weighted by Crippen LogP contribution is 2.45. The van der Waals surface area contributed by atoms with E-state index in [-0.39, 0.29) is 11.3 Å². The van der Waals surface area contributed by atoms with E-state index in [4.69, 9.17) is 5.10 Å². The molecule has 0 aliphatic carbocycles. The molecule has 1 fully saturated rings. The Labute approximate surface area is 180 Å². The Bertz CT molecular complexity index is 1190. The van der Waals surface area contributed by atoms with Gasteiger partial charge in [-0.1, -0.05) is 66.7 Å². The number of carbonyl (C=O) groups is 1. The second-order valence-corrected chi connectivity index (χ2v) is 8.36. The third-order valence-electron chi connectivity index (χ3n) is 5.32. The monoisotopic (exact) mass is 411 g/mol. The Morgan fingerprint density at radius 2 is 1.57 bits per heavy atom. The molecule has 148 valence electrons. The van der Waals surface area contributed by atoms with Gasteiger partial charge in [0.05, 0.1) is 17.1 Å². The Balaban J connectivity index is 1.66. The number of hydrogen-bond donors (Lipinski definition) is 0.